The van der Waals surface area contributed by atoms with Gasteiger partial charge in [-0.15, -0.1) is 0 Å². The number of nitrogens with zero attached hydrogens (tertiary/aromatic N) is 1. The summed E-state index contributed by atoms with van der Waals surface area (Å²) in [5, 5.41) is 2.52. The van der Waals surface area contributed by atoms with Crippen LogP contribution in [-0.2, 0) is 33.3 Å². The van der Waals surface area contributed by atoms with Crippen LogP contribution >= 0.6 is 0 Å². The third-order valence-corrected chi connectivity index (χ3v) is 5.97. The third kappa shape index (κ3) is 4.97. The summed E-state index contributed by atoms with van der Waals surface area (Å²) in [7, 11) is 1.48. The highest BCUT2D eigenvalue weighted by Crippen LogP contribution is 2.39. The number of piperidine rings is 1. The van der Waals surface area contributed by atoms with E-state index in [1.54, 1.807) is 11.8 Å². The van der Waals surface area contributed by atoms with Gasteiger partial charge in [0.2, 0.25) is 11.8 Å². The Kier molecular flexibility index (Phi) is 6.28. The number of ether oxygens (including phenoxy) is 1. The Bertz CT molecular complexity index is 822. The Balaban J connectivity index is 1.75. The molecule has 0 bridgehead atoms. The molecule has 5 nitrogen and oxygen atoms in total. The zero-order valence-corrected chi connectivity index (χ0v) is 16.8. The number of alkyl halides is 6. The van der Waals surface area contributed by atoms with Crippen LogP contribution in [0.1, 0.15) is 36.5 Å². The third-order valence-electron chi connectivity index (χ3n) is 5.97. The molecule has 1 aromatic carbocycles. The number of fused-ring (bicyclic) bond motifs is 1. The molecule has 31 heavy (non-hydrogen) atoms. The lowest BCUT2D eigenvalue weighted by Gasteiger charge is -2.35. The number of hydrogen-bond acceptors (Lipinski definition) is 3. The molecule has 11 heteroatoms. The minimum absolute atomic E-state index is 0.0538. The lowest BCUT2D eigenvalue weighted by Crippen LogP contribution is -2.47. The predicted octanol–water partition coefficient (Wildman–Crippen LogP) is 3.61. The van der Waals surface area contributed by atoms with Crippen molar-refractivity contribution in [3.05, 3.63) is 34.9 Å². The summed E-state index contributed by atoms with van der Waals surface area (Å²) in [5.41, 5.74) is -3.06. The number of carbonyl (C=O) groups is 2. The second-order valence-electron chi connectivity index (χ2n) is 7.99. The number of nitrogens with one attached hydrogen (secondary N) is 1. The summed E-state index contributed by atoms with van der Waals surface area (Å²) in [4.78, 5) is 25.9. The van der Waals surface area contributed by atoms with E-state index < -0.39 is 42.1 Å². The molecule has 2 fully saturated rings. The van der Waals surface area contributed by atoms with Crippen molar-refractivity contribution in [3.63, 3.8) is 0 Å². The molecule has 0 radical (unpaired) electrons. The summed E-state index contributed by atoms with van der Waals surface area (Å²) >= 11 is 0. The lowest BCUT2D eigenvalue weighted by molar-refractivity contribution is -0.143. The van der Waals surface area contributed by atoms with E-state index in [0.29, 0.717) is 18.6 Å². The van der Waals surface area contributed by atoms with Gasteiger partial charge in [0.15, 0.2) is 0 Å². The van der Waals surface area contributed by atoms with Gasteiger partial charge in [0.1, 0.15) is 0 Å². The van der Waals surface area contributed by atoms with E-state index in [0.717, 1.165) is 0 Å². The summed E-state index contributed by atoms with van der Waals surface area (Å²) in [6.07, 6.45) is -9.95. The Morgan fingerprint density at radius 3 is 2.23 bits per heavy atom. The lowest BCUT2D eigenvalue weighted by atomic mass is 9.85. The first-order valence-corrected chi connectivity index (χ1v) is 9.72. The van der Waals surface area contributed by atoms with Gasteiger partial charge in [-0.1, -0.05) is 6.92 Å². The van der Waals surface area contributed by atoms with Gasteiger partial charge >= 0.3 is 12.4 Å². The van der Waals surface area contributed by atoms with E-state index in [4.69, 9.17) is 4.74 Å². The van der Waals surface area contributed by atoms with Gasteiger partial charge in [0.05, 0.1) is 23.8 Å². The van der Waals surface area contributed by atoms with E-state index in [1.165, 1.54) is 7.05 Å². The fourth-order valence-corrected chi connectivity index (χ4v) is 4.27. The van der Waals surface area contributed by atoms with Gasteiger partial charge in [0, 0.05) is 37.9 Å². The van der Waals surface area contributed by atoms with E-state index >= 15 is 0 Å². The quantitative estimate of drug-likeness (QED) is 0.711. The number of amides is 2. The topological polar surface area (TPSA) is 58.6 Å². The first kappa shape index (κ1) is 23.4. The highest BCUT2D eigenvalue weighted by molar-refractivity contribution is 5.87. The molecule has 0 aromatic heterocycles. The fraction of sp³-hybridized carbons (Fsp3) is 0.600. The maximum absolute atomic E-state index is 13.0. The molecule has 2 saturated heterocycles. The molecular formula is C20H22F6N2O3. The predicted molar refractivity (Wildman–Crippen MR) is 96.5 cm³/mol. The van der Waals surface area contributed by atoms with Gasteiger partial charge in [0.25, 0.3) is 0 Å². The second kappa shape index (κ2) is 8.33. The summed E-state index contributed by atoms with van der Waals surface area (Å²) in [6, 6.07) is 1.06. The maximum atomic E-state index is 13.0. The summed E-state index contributed by atoms with van der Waals surface area (Å²) in [6.45, 7) is 1.51. The van der Waals surface area contributed by atoms with Crippen LogP contribution in [-0.4, -0.2) is 42.5 Å². The molecule has 1 N–H and O–H groups in total. The fourth-order valence-electron chi connectivity index (χ4n) is 4.27. The highest BCUT2D eigenvalue weighted by atomic mass is 19.4. The van der Waals surface area contributed by atoms with Gasteiger partial charge in [-0.2, -0.15) is 26.3 Å². The van der Waals surface area contributed by atoms with Crippen molar-refractivity contribution in [2.24, 2.45) is 11.8 Å². The molecule has 2 aliphatic rings. The number of hydrogen-bond donors (Lipinski definition) is 1. The van der Waals surface area contributed by atoms with Crippen LogP contribution in [0.2, 0.25) is 0 Å². The monoisotopic (exact) mass is 452 g/mol. The van der Waals surface area contributed by atoms with Crippen LogP contribution in [0.3, 0.4) is 0 Å². The highest BCUT2D eigenvalue weighted by Gasteiger charge is 2.47. The molecule has 4 unspecified atom stereocenters. The molecule has 1 aromatic rings. The van der Waals surface area contributed by atoms with E-state index in [2.05, 4.69) is 5.32 Å². The molecule has 4 atom stereocenters. The Morgan fingerprint density at radius 1 is 1.13 bits per heavy atom. The minimum atomic E-state index is -4.93. The smallest absolute Gasteiger partial charge is 0.371 e. The van der Waals surface area contributed by atoms with E-state index in [1.807, 2.05) is 0 Å². The molecule has 0 aliphatic carbocycles. The van der Waals surface area contributed by atoms with Gasteiger partial charge in [-0.3, -0.25) is 9.59 Å². The summed E-state index contributed by atoms with van der Waals surface area (Å²) in [5.74, 6) is -1.17. The number of rotatable bonds is 4. The van der Waals surface area contributed by atoms with Gasteiger partial charge in [-0.25, -0.2) is 0 Å². The maximum Gasteiger partial charge on any atom is 0.416 e. The largest absolute Gasteiger partial charge is 0.416 e. The molecular weight excluding hydrogens is 430 g/mol. The SMILES string of the molecule is CNC(=O)C1CC(=O)N2CC(OCc3cc(C(F)(F)F)cc(C(F)(F)F)c3)C(C)C2C1. The standard InChI is InChI=1S/C20H22F6N2O3/c1-10-15-5-12(18(30)27-2)6-17(29)28(15)8-16(10)31-9-11-3-13(19(21,22)23)7-14(4-11)20(24,25)26/h3-4,7,10,12,15-16H,5-6,8-9H2,1-2H3,(H,27,30). The van der Waals surface area contributed by atoms with Crippen molar-refractivity contribution in [2.45, 2.75) is 50.9 Å². The molecule has 2 amide bonds. The zero-order chi connectivity index (χ0) is 23.1. The van der Waals surface area contributed by atoms with E-state index in [9.17, 15) is 35.9 Å². The van der Waals surface area contributed by atoms with Crippen LogP contribution in [0.25, 0.3) is 0 Å². The van der Waals surface area contributed by atoms with Crippen molar-refractivity contribution in [2.75, 3.05) is 13.6 Å². The molecule has 0 spiro atoms. The van der Waals surface area contributed by atoms with E-state index in [-0.39, 0.29) is 48.4 Å². The molecule has 172 valence electrons. The molecule has 2 heterocycles. The first-order chi connectivity index (χ1) is 14.3. The van der Waals surface area contributed by atoms with Gasteiger partial charge in [-0.05, 0) is 30.2 Å². The van der Waals surface area contributed by atoms with Crippen LogP contribution < -0.4 is 5.32 Å². The average molecular weight is 452 g/mol. The zero-order valence-electron chi connectivity index (χ0n) is 16.8. The average Bonchev–Trinajstić information content (AvgIpc) is 3.00. The van der Waals surface area contributed by atoms with Crippen LogP contribution in [0.15, 0.2) is 18.2 Å². The number of carbonyl (C=O) groups excluding carboxylic acids is 2. The normalized spacial score (nSPS) is 26.7. The molecule has 3 rings (SSSR count). The molecule has 2 aliphatic heterocycles. The number of benzene rings is 1. The first-order valence-electron chi connectivity index (χ1n) is 9.72. The van der Waals surface area contributed by atoms with Crippen molar-refractivity contribution in [1.29, 1.82) is 0 Å². The molecule has 0 saturated carbocycles. The van der Waals surface area contributed by atoms with Gasteiger partial charge < -0.3 is 15.0 Å². The minimum Gasteiger partial charge on any atom is -0.371 e. The Morgan fingerprint density at radius 2 is 1.71 bits per heavy atom. The van der Waals surface area contributed by atoms with Crippen LogP contribution in [0.5, 0.6) is 0 Å². The Labute approximate surface area is 174 Å². The van der Waals surface area contributed by atoms with Crippen molar-refractivity contribution in [3.8, 4) is 0 Å². The van der Waals surface area contributed by atoms with Crippen molar-refractivity contribution < 1.29 is 40.7 Å². The van der Waals surface area contributed by atoms with Crippen molar-refractivity contribution >= 4 is 11.8 Å². The van der Waals surface area contributed by atoms with Crippen molar-refractivity contribution in [1.82, 2.24) is 10.2 Å². The Hall–Kier alpha value is -2.30. The summed E-state index contributed by atoms with van der Waals surface area (Å²) < 4.78 is 83.8. The second-order valence-corrected chi connectivity index (χ2v) is 7.99. The van der Waals surface area contributed by atoms with Crippen LogP contribution in [0, 0.1) is 11.8 Å². The van der Waals surface area contributed by atoms with Crippen LogP contribution in [0.4, 0.5) is 26.3 Å². The number of halogens is 6.